The lowest BCUT2D eigenvalue weighted by Gasteiger charge is -2.02. The van der Waals surface area contributed by atoms with Gasteiger partial charge in [0.1, 0.15) is 5.69 Å². The molecule has 4 aromatic rings. The Labute approximate surface area is 175 Å². The van der Waals surface area contributed by atoms with Crippen LogP contribution in [0.4, 0.5) is 5.13 Å². The number of nitrogens with zero attached hydrogens (tertiary/aromatic N) is 2. The van der Waals surface area contributed by atoms with Gasteiger partial charge in [0.05, 0.1) is 32.3 Å². The third kappa shape index (κ3) is 4.03. The molecule has 0 radical (unpaired) electrons. The van der Waals surface area contributed by atoms with Crippen molar-refractivity contribution >= 4 is 49.9 Å². The summed E-state index contributed by atoms with van der Waals surface area (Å²) in [6.45, 7) is 3.96. The molecule has 0 saturated carbocycles. The molecule has 0 aliphatic heterocycles. The fourth-order valence-electron chi connectivity index (χ4n) is 2.84. The highest BCUT2D eigenvalue weighted by Crippen LogP contribution is 2.32. The summed E-state index contributed by atoms with van der Waals surface area (Å²) in [4.78, 5) is 34.5. The van der Waals surface area contributed by atoms with Gasteiger partial charge in [0.2, 0.25) is 0 Å². The standard InChI is InChI=1S/C21H17N3O3S2/c1-3-27-20(26)14-9-10-15-16(11-14)29-21(23-15)24-19(25)17-18(28-12(2)22-17)13-7-5-4-6-8-13/h4-11H,3H2,1-2H3,(H,23,24,25). The number of anilines is 1. The SMILES string of the molecule is CCOC(=O)c1ccc2nc(NC(=O)c3nc(C)sc3-c3ccccc3)sc2c1. The first-order valence-electron chi connectivity index (χ1n) is 8.97. The van der Waals surface area contributed by atoms with Crippen LogP contribution in [-0.4, -0.2) is 28.5 Å². The van der Waals surface area contributed by atoms with E-state index in [0.717, 1.165) is 20.1 Å². The molecule has 0 aliphatic carbocycles. The van der Waals surface area contributed by atoms with E-state index in [4.69, 9.17) is 4.74 Å². The molecule has 4 rings (SSSR count). The number of esters is 1. The Hall–Kier alpha value is -3.10. The van der Waals surface area contributed by atoms with Crippen LogP contribution in [0.25, 0.3) is 20.7 Å². The first-order chi connectivity index (χ1) is 14.0. The summed E-state index contributed by atoms with van der Waals surface area (Å²) in [5.74, 6) is -0.684. The number of carbonyl (C=O) groups excluding carboxylic acids is 2. The molecule has 0 unspecified atom stereocenters. The van der Waals surface area contributed by atoms with Crippen LogP contribution in [0, 0.1) is 6.92 Å². The second-order valence-corrected chi connectivity index (χ2v) is 8.39. The van der Waals surface area contributed by atoms with E-state index in [1.54, 1.807) is 25.1 Å². The molecule has 29 heavy (non-hydrogen) atoms. The summed E-state index contributed by atoms with van der Waals surface area (Å²) >= 11 is 2.78. The van der Waals surface area contributed by atoms with Gasteiger partial charge in [-0.05, 0) is 37.6 Å². The molecule has 1 amide bonds. The van der Waals surface area contributed by atoms with Crippen molar-refractivity contribution in [2.75, 3.05) is 11.9 Å². The second kappa shape index (κ2) is 8.10. The number of hydrogen-bond acceptors (Lipinski definition) is 7. The summed E-state index contributed by atoms with van der Waals surface area (Å²) in [5, 5.41) is 4.11. The van der Waals surface area contributed by atoms with Crippen LogP contribution < -0.4 is 5.32 Å². The third-order valence-corrected chi connectivity index (χ3v) is 6.06. The largest absolute Gasteiger partial charge is 0.462 e. The number of hydrogen-bond donors (Lipinski definition) is 1. The molecule has 0 saturated heterocycles. The van der Waals surface area contributed by atoms with E-state index in [-0.39, 0.29) is 11.9 Å². The average Bonchev–Trinajstić information content (AvgIpc) is 3.31. The topological polar surface area (TPSA) is 81.2 Å². The van der Waals surface area contributed by atoms with Crippen LogP contribution in [0.1, 0.15) is 32.8 Å². The number of aryl methyl sites for hydroxylation is 1. The van der Waals surface area contributed by atoms with E-state index >= 15 is 0 Å². The minimum atomic E-state index is -0.376. The molecule has 0 fully saturated rings. The second-order valence-electron chi connectivity index (χ2n) is 6.15. The molecule has 2 aromatic heterocycles. The number of amides is 1. The van der Waals surface area contributed by atoms with E-state index in [1.807, 2.05) is 37.3 Å². The van der Waals surface area contributed by atoms with E-state index in [0.29, 0.717) is 28.5 Å². The maximum Gasteiger partial charge on any atom is 0.338 e. The maximum absolute atomic E-state index is 12.9. The van der Waals surface area contributed by atoms with Gasteiger partial charge in [0.25, 0.3) is 5.91 Å². The quantitative estimate of drug-likeness (QED) is 0.449. The number of thiazole rings is 2. The number of aromatic nitrogens is 2. The zero-order valence-electron chi connectivity index (χ0n) is 15.8. The Morgan fingerprint density at radius 3 is 2.62 bits per heavy atom. The van der Waals surface area contributed by atoms with Gasteiger partial charge < -0.3 is 4.74 Å². The van der Waals surface area contributed by atoms with Crippen molar-refractivity contribution in [3.05, 3.63) is 64.8 Å². The fourth-order valence-corrected chi connectivity index (χ4v) is 4.66. The van der Waals surface area contributed by atoms with Crippen molar-refractivity contribution < 1.29 is 14.3 Å². The number of benzene rings is 2. The lowest BCUT2D eigenvalue weighted by molar-refractivity contribution is 0.0526. The van der Waals surface area contributed by atoms with Gasteiger partial charge in [-0.2, -0.15) is 0 Å². The van der Waals surface area contributed by atoms with Crippen molar-refractivity contribution in [1.29, 1.82) is 0 Å². The van der Waals surface area contributed by atoms with Gasteiger partial charge in [-0.15, -0.1) is 11.3 Å². The molecule has 2 aromatic carbocycles. The molecule has 8 heteroatoms. The van der Waals surface area contributed by atoms with Gasteiger partial charge in [-0.3, -0.25) is 10.1 Å². The average molecular weight is 424 g/mol. The first kappa shape index (κ1) is 19.2. The van der Waals surface area contributed by atoms with E-state index in [2.05, 4.69) is 15.3 Å². The van der Waals surface area contributed by atoms with Gasteiger partial charge in [-0.25, -0.2) is 14.8 Å². The molecule has 2 heterocycles. The summed E-state index contributed by atoms with van der Waals surface area (Å²) in [5.41, 5.74) is 2.50. The highest BCUT2D eigenvalue weighted by atomic mass is 32.1. The molecular weight excluding hydrogens is 406 g/mol. The number of carbonyl (C=O) groups is 2. The molecule has 0 bridgehead atoms. The lowest BCUT2D eigenvalue weighted by atomic mass is 10.1. The van der Waals surface area contributed by atoms with Crippen LogP contribution in [0.5, 0.6) is 0 Å². The monoisotopic (exact) mass is 423 g/mol. The first-order valence-corrected chi connectivity index (χ1v) is 10.6. The Morgan fingerprint density at radius 1 is 1.07 bits per heavy atom. The van der Waals surface area contributed by atoms with Crippen LogP contribution in [-0.2, 0) is 4.74 Å². The minimum Gasteiger partial charge on any atom is -0.462 e. The fraction of sp³-hybridized carbons (Fsp3) is 0.143. The van der Waals surface area contributed by atoms with E-state index in [1.165, 1.54) is 22.7 Å². The van der Waals surface area contributed by atoms with Crippen LogP contribution in [0.2, 0.25) is 0 Å². The minimum absolute atomic E-state index is 0.308. The Kier molecular flexibility index (Phi) is 5.37. The molecule has 0 aliphatic rings. The Balaban J connectivity index is 1.61. The van der Waals surface area contributed by atoms with E-state index < -0.39 is 0 Å². The van der Waals surface area contributed by atoms with Crippen LogP contribution in [0.3, 0.4) is 0 Å². The van der Waals surface area contributed by atoms with Crippen molar-refractivity contribution in [3.63, 3.8) is 0 Å². The molecule has 1 N–H and O–H groups in total. The summed E-state index contributed by atoms with van der Waals surface area (Å²) in [6, 6.07) is 14.9. The number of ether oxygens (including phenoxy) is 1. The van der Waals surface area contributed by atoms with E-state index in [9.17, 15) is 9.59 Å². The molecule has 146 valence electrons. The zero-order chi connectivity index (χ0) is 20.4. The third-order valence-electron chi connectivity index (χ3n) is 4.11. The highest BCUT2D eigenvalue weighted by Gasteiger charge is 2.20. The van der Waals surface area contributed by atoms with Gasteiger partial charge in [0.15, 0.2) is 5.13 Å². The lowest BCUT2D eigenvalue weighted by Crippen LogP contribution is -2.13. The van der Waals surface area contributed by atoms with Gasteiger partial charge in [0, 0.05) is 0 Å². The smallest absolute Gasteiger partial charge is 0.338 e. The number of fused-ring (bicyclic) bond motifs is 1. The van der Waals surface area contributed by atoms with Crippen molar-refractivity contribution in [3.8, 4) is 10.4 Å². The van der Waals surface area contributed by atoms with Crippen molar-refractivity contribution in [1.82, 2.24) is 9.97 Å². The molecule has 0 atom stereocenters. The van der Waals surface area contributed by atoms with Crippen LogP contribution in [0.15, 0.2) is 48.5 Å². The molecular formula is C21H17N3O3S2. The molecule has 0 spiro atoms. The molecule has 6 nitrogen and oxygen atoms in total. The normalized spacial score (nSPS) is 10.8. The highest BCUT2D eigenvalue weighted by molar-refractivity contribution is 7.22. The number of rotatable bonds is 5. The van der Waals surface area contributed by atoms with Crippen molar-refractivity contribution in [2.45, 2.75) is 13.8 Å². The van der Waals surface area contributed by atoms with Crippen molar-refractivity contribution in [2.24, 2.45) is 0 Å². The predicted octanol–water partition coefficient (Wildman–Crippen LogP) is 5.16. The maximum atomic E-state index is 12.9. The predicted molar refractivity (Wildman–Crippen MR) is 116 cm³/mol. The summed E-state index contributed by atoms with van der Waals surface area (Å²) < 4.78 is 5.83. The summed E-state index contributed by atoms with van der Waals surface area (Å²) in [6.07, 6.45) is 0. The van der Waals surface area contributed by atoms with Gasteiger partial charge in [-0.1, -0.05) is 41.7 Å². The Bertz CT molecular complexity index is 1200. The Morgan fingerprint density at radius 2 is 1.86 bits per heavy atom. The summed E-state index contributed by atoms with van der Waals surface area (Å²) in [7, 11) is 0. The van der Waals surface area contributed by atoms with Gasteiger partial charge >= 0.3 is 5.97 Å². The zero-order valence-corrected chi connectivity index (χ0v) is 17.4. The van der Waals surface area contributed by atoms with Crippen LogP contribution >= 0.6 is 22.7 Å². The number of nitrogens with one attached hydrogen (secondary N) is 1.